The molecule has 2 aliphatic rings. The van der Waals surface area contributed by atoms with Gasteiger partial charge in [0.15, 0.2) is 5.82 Å². The summed E-state index contributed by atoms with van der Waals surface area (Å²) in [6.07, 6.45) is 3.44. The van der Waals surface area contributed by atoms with Crippen LogP contribution < -0.4 is 5.32 Å². The summed E-state index contributed by atoms with van der Waals surface area (Å²) in [7, 11) is -3.61. The van der Waals surface area contributed by atoms with Crippen molar-refractivity contribution in [1.29, 1.82) is 0 Å². The maximum Gasteiger partial charge on any atom is 0.249 e. The Balaban J connectivity index is 1.45. The van der Waals surface area contributed by atoms with Gasteiger partial charge < -0.3 is 9.84 Å². The molecule has 2 aromatic rings. The highest BCUT2D eigenvalue weighted by Crippen LogP contribution is 2.38. The minimum absolute atomic E-state index is 0.0641. The maximum atomic E-state index is 13.0. The number of aromatic nitrogens is 2. The highest BCUT2D eigenvalue weighted by Gasteiger charge is 2.36. The fourth-order valence-electron chi connectivity index (χ4n) is 3.78. The van der Waals surface area contributed by atoms with Gasteiger partial charge in [0.1, 0.15) is 6.04 Å². The van der Waals surface area contributed by atoms with E-state index in [1.165, 1.54) is 4.31 Å². The first kappa shape index (κ1) is 21.0. The Labute approximate surface area is 177 Å². The molecule has 1 amide bonds. The molecule has 162 valence electrons. The number of rotatable bonds is 7. The van der Waals surface area contributed by atoms with Crippen LogP contribution in [0.15, 0.2) is 39.8 Å². The molecule has 0 radical (unpaired) electrons. The second kappa shape index (κ2) is 8.47. The number of carbonyl (C=O) groups excluding carboxylic acids is 1. The highest BCUT2D eigenvalue weighted by atomic mass is 32.2. The summed E-state index contributed by atoms with van der Waals surface area (Å²) in [6, 6.07) is 7.97. The summed E-state index contributed by atoms with van der Waals surface area (Å²) in [5, 5.41) is 7.08. The van der Waals surface area contributed by atoms with Crippen LogP contribution in [0.5, 0.6) is 0 Å². The van der Waals surface area contributed by atoms with Crippen molar-refractivity contribution in [2.45, 2.75) is 56.4 Å². The molecule has 8 nitrogen and oxygen atoms in total. The second-order valence-electron chi connectivity index (χ2n) is 8.51. The number of hydrogen-bond donors (Lipinski definition) is 1. The molecule has 1 N–H and O–H groups in total. The van der Waals surface area contributed by atoms with Crippen LogP contribution in [0.25, 0.3) is 0 Å². The van der Waals surface area contributed by atoms with Crippen molar-refractivity contribution in [2.24, 2.45) is 11.8 Å². The van der Waals surface area contributed by atoms with Crippen LogP contribution in [0, 0.1) is 11.8 Å². The first-order valence-corrected chi connectivity index (χ1v) is 12.0. The standard InChI is InChI=1S/C21H28N4O4S/c1-14(2)18(21-23-19(24-29-21)15-10-11-15)22-20(26)16-7-6-12-25(13-16)30(27,28)17-8-4-3-5-9-17/h3-5,8-9,14-16,18H,6-7,10-13H2,1-2H3,(H,22,26). The number of carbonyl (C=O) groups is 1. The number of benzene rings is 1. The molecule has 2 unspecified atom stereocenters. The Morgan fingerprint density at radius 3 is 2.60 bits per heavy atom. The fourth-order valence-corrected chi connectivity index (χ4v) is 5.33. The van der Waals surface area contributed by atoms with Gasteiger partial charge in [0.2, 0.25) is 21.8 Å². The van der Waals surface area contributed by atoms with Gasteiger partial charge in [-0.2, -0.15) is 9.29 Å². The van der Waals surface area contributed by atoms with Crippen molar-refractivity contribution in [3.63, 3.8) is 0 Å². The Kier molecular flexibility index (Phi) is 5.92. The van der Waals surface area contributed by atoms with E-state index in [0.29, 0.717) is 37.0 Å². The zero-order valence-corrected chi connectivity index (χ0v) is 18.1. The van der Waals surface area contributed by atoms with Gasteiger partial charge in [0, 0.05) is 19.0 Å². The van der Waals surface area contributed by atoms with Crippen LogP contribution in [0.4, 0.5) is 0 Å². The zero-order valence-electron chi connectivity index (χ0n) is 17.3. The molecule has 1 aromatic carbocycles. The molecule has 1 aliphatic carbocycles. The van der Waals surface area contributed by atoms with Gasteiger partial charge in [-0.15, -0.1) is 0 Å². The third kappa shape index (κ3) is 4.41. The van der Waals surface area contributed by atoms with Crippen molar-refractivity contribution in [1.82, 2.24) is 19.8 Å². The average Bonchev–Trinajstić information content (AvgIpc) is 3.49. The Morgan fingerprint density at radius 2 is 1.93 bits per heavy atom. The van der Waals surface area contributed by atoms with E-state index in [9.17, 15) is 13.2 Å². The SMILES string of the molecule is CC(C)C(NC(=O)C1CCCN(S(=O)(=O)c2ccccc2)C1)c1nc(C2CC2)no1. The van der Waals surface area contributed by atoms with Gasteiger partial charge in [-0.1, -0.05) is 37.2 Å². The van der Waals surface area contributed by atoms with Crippen molar-refractivity contribution >= 4 is 15.9 Å². The molecule has 1 saturated heterocycles. The van der Waals surface area contributed by atoms with Crippen molar-refractivity contribution in [3.05, 3.63) is 42.0 Å². The molecule has 1 saturated carbocycles. The minimum Gasteiger partial charge on any atom is -0.344 e. The number of sulfonamides is 1. The molecule has 2 fully saturated rings. The van der Waals surface area contributed by atoms with Crippen molar-refractivity contribution in [2.75, 3.05) is 13.1 Å². The van der Waals surface area contributed by atoms with E-state index in [0.717, 1.165) is 12.8 Å². The summed E-state index contributed by atoms with van der Waals surface area (Å²) in [5.74, 6) is 0.986. The lowest BCUT2D eigenvalue weighted by Crippen LogP contribution is -2.46. The van der Waals surface area contributed by atoms with Crippen LogP contribution in [0.2, 0.25) is 0 Å². The zero-order chi connectivity index (χ0) is 21.3. The highest BCUT2D eigenvalue weighted by molar-refractivity contribution is 7.89. The van der Waals surface area contributed by atoms with Gasteiger partial charge >= 0.3 is 0 Å². The normalized spacial score (nSPS) is 21.5. The summed E-state index contributed by atoms with van der Waals surface area (Å²) in [4.78, 5) is 17.8. The molecule has 1 aromatic heterocycles. The van der Waals surface area contributed by atoms with Gasteiger partial charge in [0.05, 0.1) is 10.8 Å². The van der Waals surface area contributed by atoms with Crippen molar-refractivity contribution < 1.29 is 17.7 Å². The van der Waals surface area contributed by atoms with E-state index >= 15 is 0 Å². The second-order valence-corrected chi connectivity index (χ2v) is 10.4. The van der Waals surface area contributed by atoms with E-state index in [4.69, 9.17) is 4.52 Å². The number of amides is 1. The molecule has 30 heavy (non-hydrogen) atoms. The number of hydrogen-bond acceptors (Lipinski definition) is 6. The van der Waals surface area contributed by atoms with Crippen LogP contribution in [-0.4, -0.2) is 41.9 Å². The molecule has 2 atom stereocenters. The summed E-state index contributed by atoms with van der Waals surface area (Å²) in [6.45, 7) is 4.56. The van der Waals surface area contributed by atoms with E-state index in [-0.39, 0.29) is 23.3 Å². The molecular formula is C21H28N4O4S. The van der Waals surface area contributed by atoms with Crippen LogP contribution in [0.1, 0.15) is 63.2 Å². The van der Waals surface area contributed by atoms with Gasteiger partial charge in [-0.3, -0.25) is 4.79 Å². The van der Waals surface area contributed by atoms with Crippen LogP contribution >= 0.6 is 0 Å². The molecule has 9 heteroatoms. The summed E-state index contributed by atoms with van der Waals surface area (Å²) >= 11 is 0. The van der Waals surface area contributed by atoms with E-state index < -0.39 is 22.0 Å². The number of piperidine rings is 1. The first-order chi connectivity index (χ1) is 14.4. The molecular weight excluding hydrogens is 404 g/mol. The Bertz CT molecular complexity index is 985. The molecule has 1 aliphatic heterocycles. The quantitative estimate of drug-likeness (QED) is 0.721. The smallest absolute Gasteiger partial charge is 0.249 e. The summed E-state index contributed by atoms with van der Waals surface area (Å²) < 4.78 is 32.7. The number of nitrogens with one attached hydrogen (secondary N) is 1. The largest absolute Gasteiger partial charge is 0.344 e. The lowest BCUT2D eigenvalue weighted by molar-refractivity contribution is -0.127. The van der Waals surface area contributed by atoms with Crippen molar-refractivity contribution in [3.8, 4) is 0 Å². The fraction of sp³-hybridized carbons (Fsp3) is 0.571. The third-order valence-electron chi connectivity index (χ3n) is 5.77. The van der Waals surface area contributed by atoms with Gasteiger partial charge in [-0.05, 0) is 43.7 Å². The minimum atomic E-state index is -3.61. The Morgan fingerprint density at radius 1 is 1.20 bits per heavy atom. The molecule has 4 rings (SSSR count). The number of nitrogens with zero attached hydrogens (tertiary/aromatic N) is 3. The topological polar surface area (TPSA) is 105 Å². The summed E-state index contributed by atoms with van der Waals surface area (Å²) in [5.41, 5.74) is 0. The maximum absolute atomic E-state index is 13.0. The van der Waals surface area contributed by atoms with Gasteiger partial charge in [-0.25, -0.2) is 8.42 Å². The monoisotopic (exact) mass is 432 g/mol. The molecule has 0 spiro atoms. The van der Waals surface area contributed by atoms with Crippen LogP contribution in [-0.2, 0) is 14.8 Å². The predicted octanol–water partition coefficient (Wildman–Crippen LogP) is 2.86. The van der Waals surface area contributed by atoms with E-state index in [1.807, 2.05) is 13.8 Å². The average molecular weight is 433 g/mol. The van der Waals surface area contributed by atoms with E-state index in [1.54, 1.807) is 30.3 Å². The third-order valence-corrected chi connectivity index (χ3v) is 7.65. The Hall–Kier alpha value is -2.26. The molecule has 0 bridgehead atoms. The first-order valence-electron chi connectivity index (χ1n) is 10.6. The predicted molar refractivity (Wildman–Crippen MR) is 110 cm³/mol. The van der Waals surface area contributed by atoms with Crippen LogP contribution in [0.3, 0.4) is 0 Å². The lowest BCUT2D eigenvalue weighted by Gasteiger charge is -2.32. The lowest BCUT2D eigenvalue weighted by atomic mass is 9.97. The van der Waals surface area contributed by atoms with E-state index in [2.05, 4.69) is 15.5 Å². The van der Waals surface area contributed by atoms with Gasteiger partial charge in [0.25, 0.3) is 0 Å². The molecule has 2 heterocycles.